The van der Waals surface area contributed by atoms with Gasteiger partial charge in [-0.2, -0.15) is 13.2 Å². The number of alkyl halides is 3. The summed E-state index contributed by atoms with van der Waals surface area (Å²) in [7, 11) is 0. The summed E-state index contributed by atoms with van der Waals surface area (Å²) in [6.45, 7) is 0. The Bertz CT molecular complexity index is 667. The van der Waals surface area contributed by atoms with Gasteiger partial charge in [-0.3, -0.25) is 4.79 Å². The molecule has 114 valence electrons. The lowest BCUT2D eigenvalue weighted by Crippen LogP contribution is -2.46. The molecule has 0 N–H and O–H groups in total. The van der Waals surface area contributed by atoms with Crippen molar-refractivity contribution in [2.45, 2.75) is 24.1 Å². The molecule has 1 heterocycles. The van der Waals surface area contributed by atoms with E-state index in [-0.39, 0.29) is 12.0 Å². The maximum Gasteiger partial charge on any atom is 0.433 e. The number of hydrogen-bond donors (Lipinski definition) is 0. The van der Waals surface area contributed by atoms with Crippen molar-refractivity contribution in [1.82, 2.24) is 0 Å². The van der Waals surface area contributed by atoms with E-state index in [2.05, 4.69) is 0 Å². The highest BCUT2D eigenvalue weighted by atomic mass is 19.4. The minimum absolute atomic E-state index is 0.0535. The molecule has 0 bridgehead atoms. The van der Waals surface area contributed by atoms with Gasteiger partial charge in [0.1, 0.15) is 0 Å². The molecule has 0 spiro atoms. The Balaban J connectivity index is 2.21. The van der Waals surface area contributed by atoms with Gasteiger partial charge in [0.05, 0.1) is 6.42 Å². The molecular weight excluding hydrogens is 293 g/mol. The predicted octanol–water partition coefficient (Wildman–Crippen LogP) is 4.17. The smallest absolute Gasteiger partial charge is 0.433 e. The van der Waals surface area contributed by atoms with Crippen LogP contribution in [0.15, 0.2) is 60.7 Å². The van der Waals surface area contributed by atoms with Crippen LogP contribution in [0.5, 0.6) is 0 Å². The SMILES string of the molecule is O=C1C[C@H](c2ccccc2)[C@@](c2ccccc2)(C(F)(F)F)O1. The van der Waals surface area contributed by atoms with E-state index in [1.165, 1.54) is 24.3 Å². The van der Waals surface area contributed by atoms with E-state index in [0.717, 1.165) is 0 Å². The number of benzene rings is 2. The summed E-state index contributed by atoms with van der Waals surface area (Å²) < 4.78 is 46.7. The average molecular weight is 306 g/mol. The van der Waals surface area contributed by atoms with Gasteiger partial charge >= 0.3 is 12.1 Å². The Labute approximate surface area is 125 Å². The molecule has 1 aliphatic heterocycles. The monoisotopic (exact) mass is 306 g/mol. The van der Waals surface area contributed by atoms with E-state index >= 15 is 0 Å². The number of ether oxygens (including phenoxy) is 1. The van der Waals surface area contributed by atoms with Gasteiger partial charge in [0.15, 0.2) is 0 Å². The topological polar surface area (TPSA) is 26.3 Å². The average Bonchev–Trinajstić information content (AvgIpc) is 2.88. The first kappa shape index (κ1) is 14.6. The Morgan fingerprint density at radius 1 is 0.955 bits per heavy atom. The molecule has 22 heavy (non-hydrogen) atoms. The van der Waals surface area contributed by atoms with Crippen molar-refractivity contribution in [3.8, 4) is 0 Å². The van der Waals surface area contributed by atoms with Gasteiger partial charge in [0.25, 0.3) is 0 Å². The van der Waals surface area contributed by atoms with Crippen molar-refractivity contribution in [3.63, 3.8) is 0 Å². The molecular formula is C17H13F3O2. The maximum absolute atomic E-state index is 13.9. The molecule has 0 amide bonds. The fourth-order valence-corrected chi connectivity index (χ4v) is 3.01. The number of esters is 1. The molecule has 1 saturated heterocycles. The third-order valence-electron chi connectivity index (χ3n) is 3.96. The second-order valence-electron chi connectivity index (χ2n) is 5.24. The van der Waals surface area contributed by atoms with Crippen molar-refractivity contribution in [2.24, 2.45) is 0 Å². The number of cyclic esters (lactones) is 1. The molecule has 2 nitrogen and oxygen atoms in total. The standard InChI is InChI=1S/C17H13F3O2/c18-17(19,20)16(13-9-5-2-6-10-13)14(11-15(21)22-16)12-7-3-1-4-8-12/h1-10,14H,11H2/t14-,16+/m1/s1. The summed E-state index contributed by atoms with van der Waals surface area (Å²) in [5.74, 6) is -1.93. The second-order valence-corrected chi connectivity index (χ2v) is 5.24. The van der Waals surface area contributed by atoms with Gasteiger partial charge in [-0.15, -0.1) is 0 Å². The lowest BCUT2D eigenvalue weighted by atomic mass is 9.77. The normalized spacial score (nSPS) is 25.0. The molecule has 0 unspecified atom stereocenters. The minimum Gasteiger partial charge on any atom is -0.444 e. The van der Waals surface area contributed by atoms with Crippen molar-refractivity contribution in [1.29, 1.82) is 0 Å². The Kier molecular flexibility index (Phi) is 3.43. The first-order valence-corrected chi connectivity index (χ1v) is 6.84. The highest BCUT2D eigenvalue weighted by Crippen LogP contribution is 2.56. The molecule has 0 radical (unpaired) electrons. The quantitative estimate of drug-likeness (QED) is 0.778. The summed E-state index contributed by atoms with van der Waals surface area (Å²) in [4.78, 5) is 11.7. The molecule has 2 atom stereocenters. The van der Waals surface area contributed by atoms with E-state index in [4.69, 9.17) is 4.74 Å². The van der Waals surface area contributed by atoms with Crippen molar-refractivity contribution < 1.29 is 22.7 Å². The fraction of sp³-hybridized carbons (Fsp3) is 0.235. The van der Waals surface area contributed by atoms with E-state index in [9.17, 15) is 18.0 Å². The largest absolute Gasteiger partial charge is 0.444 e. The van der Waals surface area contributed by atoms with Gasteiger partial charge in [-0.05, 0) is 5.56 Å². The van der Waals surface area contributed by atoms with Gasteiger partial charge in [0.2, 0.25) is 5.60 Å². The van der Waals surface area contributed by atoms with E-state index < -0.39 is 23.7 Å². The minimum atomic E-state index is -4.71. The third-order valence-corrected chi connectivity index (χ3v) is 3.96. The predicted molar refractivity (Wildman–Crippen MR) is 74.1 cm³/mol. The first-order chi connectivity index (χ1) is 10.4. The van der Waals surface area contributed by atoms with Crippen LogP contribution in [0.4, 0.5) is 13.2 Å². The Morgan fingerprint density at radius 2 is 1.50 bits per heavy atom. The van der Waals surface area contributed by atoms with Crippen LogP contribution in [-0.2, 0) is 15.1 Å². The molecule has 0 aromatic heterocycles. The van der Waals surface area contributed by atoms with Gasteiger partial charge in [-0.25, -0.2) is 0 Å². The molecule has 1 fully saturated rings. The highest BCUT2D eigenvalue weighted by Gasteiger charge is 2.67. The summed E-state index contributed by atoms with van der Waals surface area (Å²) in [5.41, 5.74) is -2.25. The number of halogens is 3. The molecule has 0 aliphatic carbocycles. The Morgan fingerprint density at radius 3 is 2.05 bits per heavy atom. The van der Waals surface area contributed by atoms with E-state index in [1.54, 1.807) is 36.4 Å². The summed E-state index contributed by atoms with van der Waals surface area (Å²) in [6, 6.07) is 15.6. The van der Waals surface area contributed by atoms with Crippen molar-refractivity contribution in [3.05, 3.63) is 71.8 Å². The van der Waals surface area contributed by atoms with Crippen LogP contribution >= 0.6 is 0 Å². The number of carbonyl (C=O) groups is 1. The molecule has 3 rings (SSSR count). The van der Waals surface area contributed by atoms with E-state index in [0.29, 0.717) is 5.56 Å². The van der Waals surface area contributed by atoms with Crippen LogP contribution in [0, 0.1) is 0 Å². The van der Waals surface area contributed by atoms with Crippen molar-refractivity contribution >= 4 is 5.97 Å². The number of carbonyl (C=O) groups excluding carboxylic acids is 1. The van der Waals surface area contributed by atoms with Crippen LogP contribution in [-0.4, -0.2) is 12.1 Å². The highest BCUT2D eigenvalue weighted by molar-refractivity contribution is 5.75. The summed E-state index contributed by atoms with van der Waals surface area (Å²) in [5, 5.41) is 0. The van der Waals surface area contributed by atoms with Crippen LogP contribution in [0.2, 0.25) is 0 Å². The van der Waals surface area contributed by atoms with Gasteiger partial charge in [0, 0.05) is 11.5 Å². The van der Waals surface area contributed by atoms with Crippen LogP contribution in [0.3, 0.4) is 0 Å². The fourth-order valence-electron chi connectivity index (χ4n) is 3.01. The zero-order chi connectivity index (χ0) is 15.8. The maximum atomic E-state index is 13.9. The molecule has 5 heteroatoms. The van der Waals surface area contributed by atoms with Crippen molar-refractivity contribution in [2.75, 3.05) is 0 Å². The van der Waals surface area contributed by atoms with Gasteiger partial charge < -0.3 is 4.74 Å². The number of hydrogen-bond acceptors (Lipinski definition) is 2. The first-order valence-electron chi connectivity index (χ1n) is 6.84. The third kappa shape index (κ3) is 2.17. The number of rotatable bonds is 2. The molecule has 1 aliphatic rings. The molecule has 2 aromatic rings. The lowest BCUT2D eigenvalue weighted by Gasteiger charge is -2.35. The zero-order valence-corrected chi connectivity index (χ0v) is 11.5. The van der Waals surface area contributed by atoms with Gasteiger partial charge in [-0.1, -0.05) is 60.7 Å². The Hall–Kier alpha value is -2.30. The second kappa shape index (κ2) is 5.16. The summed E-state index contributed by atoms with van der Waals surface area (Å²) >= 11 is 0. The van der Waals surface area contributed by atoms with Crippen LogP contribution < -0.4 is 0 Å². The molecule has 0 saturated carbocycles. The van der Waals surface area contributed by atoms with Crippen LogP contribution in [0.1, 0.15) is 23.5 Å². The summed E-state index contributed by atoms with van der Waals surface area (Å²) in [6.07, 6.45) is -5.00. The lowest BCUT2D eigenvalue weighted by molar-refractivity contribution is -0.269. The zero-order valence-electron chi connectivity index (χ0n) is 11.5. The van der Waals surface area contributed by atoms with E-state index in [1.807, 2.05) is 0 Å². The van der Waals surface area contributed by atoms with Crippen LogP contribution in [0.25, 0.3) is 0 Å². The molecule has 2 aromatic carbocycles.